The Kier molecular flexibility index (Phi) is 6.26. The van der Waals surface area contributed by atoms with Crippen molar-refractivity contribution in [3.8, 4) is 11.8 Å². The van der Waals surface area contributed by atoms with Gasteiger partial charge in [-0.1, -0.05) is 29.8 Å². The molecule has 0 aliphatic carbocycles. The highest BCUT2D eigenvalue weighted by Crippen LogP contribution is 2.30. The van der Waals surface area contributed by atoms with Crippen LogP contribution in [-0.4, -0.2) is 6.61 Å². The molecule has 0 atom stereocenters. The standard InChI is InChI=1S/C18H15I2NO/c1-3-22-18-16(19)9-13(10-17(18)20)8-15(11-21)14-6-4-12(2)5-7-14/h4-10H,3H2,1-2H3/b15-8-. The molecule has 0 radical (unpaired) electrons. The first-order valence-electron chi connectivity index (χ1n) is 6.85. The Morgan fingerprint density at radius 2 is 1.77 bits per heavy atom. The second-order valence-electron chi connectivity index (χ2n) is 4.78. The molecule has 0 bridgehead atoms. The van der Waals surface area contributed by atoms with Crippen LogP contribution in [0.5, 0.6) is 5.75 Å². The number of nitrogens with zero attached hydrogens (tertiary/aromatic N) is 1. The summed E-state index contributed by atoms with van der Waals surface area (Å²) in [5, 5.41) is 9.44. The molecule has 2 nitrogen and oxygen atoms in total. The highest BCUT2D eigenvalue weighted by molar-refractivity contribution is 14.1. The molecule has 2 rings (SSSR count). The number of ether oxygens (including phenoxy) is 1. The predicted molar refractivity (Wildman–Crippen MR) is 108 cm³/mol. The summed E-state index contributed by atoms with van der Waals surface area (Å²) in [7, 11) is 0. The lowest BCUT2D eigenvalue weighted by molar-refractivity contribution is 0.335. The van der Waals surface area contributed by atoms with E-state index in [1.807, 2.05) is 56.3 Å². The summed E-state index contributed by atoms with van der Waals surface area (Å²) in [5.74, 6) is 0.912. The van der Waals surface area contributed by atoms with Gasteiger partial charge in [0.2, 0.25) is 0 Å². The first kappa shape index (κ1) is 17.3. The van der Waals surface area contributed by atoms with Gasteiger partial charge in [0, 0.05) is 0 Å². The number of hydrogen-bond donors (Lipinski definition) is 0. The monoisotopic (exact) mass is 515 g/mol. The molecular formula is C18H15I2NO. The Bertz CT molecular complexity index is 720. The number of allylic oxidation sites excluding steroid dienone is 1. The first-order valence-corrected chi connectivity index (χ1v) is 9.01. The molecule has 0 aliphatic heterocycles. The van der Waals surface area contributed by atoms with Crippen molar-refractivity contribution in [3.63, 3.8) is 0 Å². The zero-order valence-corrected chi connectivity index (χ0v) is 16.7. The number of halogens is 2. The molecular weight excluding hydrogens is 500 g/mol. The van der Waals surface area contributed by atoms with Gasteiger partial charge in [-0.15, -0.1) is 0 Å². The maximum atomic E-state index is 9.44. The molecule has 0 spiro atoms. The van der Waals surface area contributed by atoms with E-state index >= 15 is 0 Å². The largest absolute Gasteiger partial charge is 0.492 e. The maximum absolute atomic E-state index is 9.44. The van der Waals surface area contributed by atoms with Crippen molar-refractivity contribution in [2.24, 2.45) is 0 Å². The van der Waals surface area contributed by atoms with Gasteiger partial charge >= 0.3 is 0 Å². The minimum absolute atomic E-state index is 0.647. The lowest BCUT2D eigenvalue weighted by atomic mass is 10.0. The average molecular weight is 515 g/mol. The van der Waals surface area contributed by atoms with E-state index in [2.05, 4.69) is 51.3 Å². The van der Waals surface area contributed by atoms with E-state index in [-0.39, 0.29) is 0 Å². The van der Waals surface area contributed by atoms with Crippen LogP contribution in [0.25, 0.3) is 11.6 Å². The minimum atomic E-state index is 0.647. The van der Waals surface area contributed by atoms with E-state index in [0.29, 0.717) is 12.2 Å². The van der Waals surface area contributed by atoms with Gasteiger partial charge in [0.05, 0.1) is 25.4 Å². The summed E-state index contributed by atoms with van der Waals surface area (Å²) in [4.78, 5) is 0. The van der Waals surface area contributed by atoms with Gasteiger partial charge in [0.1, 0.15) is 5.75 Å². The quantitative estimate of drug-likeness (QED) is 0.299. The van der Waals surface area contributed by atoms with E-state index in [1.165, 1.54) is 5.56 Å². The first-order chi connectivity index (χ1) is 10.5. The fraction of sp³-hybridized carbons (Fsp3) is 0.167. The van der Waals surface area contributed by atoms with E-state index in [0.717, 1.165) is 24.0 Å². The van der Waals surface area contributed by atoms with Crippen LogP contribution < -0.4 is 4.74 Å². The highest BCUT2D eigenvalue weighted by Gasteiger charge is 2.08. The normalized spacial score (nSPS) is 11.1. The van der Waals surface area contributed by atoms with Gasteiger partial charge < -0.3 is 4.74 Å². The Labute approximate surface area is 158 Å². The van der Waals surface area contributed by atoms with Crippen LogP contribution >= 0.6 is 45.2 Å². The van der Waals surface area contributed by atoms with Gasteiger partial charge in [-0.25, -0.2) is 0 Å². The molecule has 2 aromatic carbocycles. The predicted octanol–water partition coefficient (Wildman–Crippen LogP) is 5.67. The molecule has 0 unspecified atom stereocenters. The van der Waals surface area contributed by atoms with E-state index in [4.69, 9.17) is 4.74 Å². The van der Waals surface area contributed by atoms with Crippen molar-refractivity contribution < 1.29 is 4.74 Å². The lowest BCUT2D eigenvalue weighted by Crippen LogP contribution is -1.97. The van der Waals surface area contributed by atoms with Crippen LogP contribution in [0.3, 0.4) is 0 Å². The lowest BCUT2D eigenvalue weighted by Gasteiger charge is -2.10. The molecule has 0 N–H and O–H groups in total. The van der Waals surface area contributed by atoms with Gasteiger partial charge in [0.25, 0.3) is 0 Å². The Hall–Kier alpha value is -1.07. The van der Waals surface area contributed by atoms with Crippen molar-refractivity contribution in [2.45, 2.75) is 13.8 Å². The highest BCUT2D eigenvalue weighted by atomic mass is 127. The molecule has 112 valence electrons. The van der Waals surface area contributed by atoms with Gasteiger partial charge in [-0.2, -0.15) is 5.26 Å². The zero-order chi connectivity index (χ0) is 16.1. The molecule has 4 heteroatoms. The van der Waals surface area contributed by atoms with Crippen LogP contribution in [0.2, 0.25) is 0 Å². The maximum Gasteiger partial charge on any atom is 0.145 e. The number of rotatable bonds is 4. The SMILES string of the molecule is CCOc1c(I)cc(/C=C(/C#N)c2ccc(C)cc2)cc1I. The third-order valence-electron chi connectivity index (χ3n) is 3.10. The second-order valence-corrected chi connectivity index (χ2v) is 7.11. The van der Waals surface area contributed by atoms with Crippen molar-refractivity contribution in [2.75, 3.05) is 6.61 Å². The van der Waals surface area contributed by atoms with Gasteiger partial charge in [0.15, 0.2) is 0 Å². The molecule has 0 aliphatic rings. The van der Waals surface area contributed by atoms with E-state index < -0.39 is 0 Å². The molecule has 2 aromatic rings. The van der Waals surface area contributed by atoms with Crippen molar-refractivity contribution >= 4 is 56.8 Å². The van der Waals surface area contributed by atoms with Crippen molar-refractivity contribution in [3.05, 3.63) is 60.2 Å². The Balaban J connectivity index is 2.42. The number of hydrogen-bond acceptors (Lipinski definition) is 2. The molecule has 0 amide bonds. The molecule has 0 saturated heterocycles. The molecule has 22 heavy (non-hydrogen) atoms. The topological polar surface area (TPSA) is 33.0 Å². The second kappa shape index (κ2) is 7.97. The van der Waals surface area contributed by atoms with E-state index in [9.17, 15) is 5.26 Å². The van der Waals surface area contributed by atoms with Crippen molar-refractivity contribution in [1.29, 1.82) is 5.26 Å². The summed E-state index contributed by atoms with van der Waals surface area (Å²) < 4.78 is 7.76. The molecule has 0 fully saturated rings. The fourth-order valence-electron chi connectivity index (χ4n) is 2.02. The average Bonchev–Trinajstić information content (AvgIpc) is 2.49. The molecule has 0 heterocycles. The van der Waals surface area contributed by atoms with Crippen LogP contribution in [0, 0.1) is 25.4 Å². The fourth-order valence-corrected chi connectivity index (χ4v) is 4.15. The van der Waals surface area contributed by atoms with E-state index in [1.54, 1.807) is 0 Å². The Morgan fingerprint density at radius 1 is 1.18 bits per heavy atom. The summed E-state index contributed by atoms with van der Waals surface area (Å²) in [6, 6.07) is 14.4. The summed E-state index contributed by atoms with van der Waals surface area (Å²) in [6.07, 6.45) is 1.92. The summed E-state index contributed by atoms with van der Waals surface area (Å²) in [6.45, 7) is 4.66. The zero-order valence-electron chi connectivity index (χ0n) is 12.4. The number of nitriles is 1. The van der Waals surface area contributed by atoms with Crippen LogP contribution in [-0.2, 0) is 0 Å². The molecule has 0 saturated carbocycles. The Morgan fingerprint density at radius 3 is 2.27 bits per heavy atom. The minimum Gasteiger partial charge on any atom is -0.492 e. The van der Waals surface area contributed by atoms with Gasteiger partial charge in [-0.05, 0) is 88.4 Å². The summed E-state index contributed by atoms with van der Waals surface area (Å²) >= 11 is 4.54. The van der Waals surface area contributed by atoms with Crippen molar-refractivity contribution in [1.82, 2.24) is 0 Å². The van der Waals surface area contributed by atoms with Crippen LogP contribution in [0.15, 0.2) is 36.4 Å². The number of aryl methyl sites for hydroxylation is 1. The summed E-state index contributed by atoms with van der Waals surface area (Å²) in [5.41, 5.74) is 3.79. The molecule has 0 aromatic heterocycles. The van der Waals surface area contributed by atoms with Crippen LogP contribution in [0.4, 0.5) is 0 Å². The third kappa shape index (κ3) is 4.23. The van der Waals surface area contributed by atoms with Crippen LogP contribution in [0.1, 0.15) is 23.6 Å². The number of benzene rings is 2. The smallest absolute Gasteiger partial charge is 0.145 e. The van der Waals surface area contributed by atoms with Gasteiger partial charge in [-0.3, -0.25) is 0 Å². The third-order valence-corrected chi connectivity index (χ3v) is 4.71.